The van der Waals surface area contributed by atoms with Gasteiger partial charge in [0.2, 0.25) is 0 Å². The first-order valence-electron chi connectivity index (χ1n) is 8.75. The molecule has 1 atom stereocenters. The molecule has 126 valence electrons. The molecule has 0 heterocycles. The molecule has 0 aliphatic heterocycles. The number of aliphatic hydroxyl groups is 1. The van der Waals surface area contributed by atoms with E-state index in [1.165, 1.54) is 10.7 Å². The van der Waals surface area contributed by atoms with Gasteiger partial charge in [0.15, 0.2) is 0 Å². The number of hydrogen-bond donors (Lipinski definition) is 1. The van der Waals surface area contributed by atoms with Crippen molar-refractivity contribution in [3.63, 3.8) is 0 Å². The number of aliphatic hydroxyl groups excluding tert-OH is 1. The summed E-state index contributed by atoms with van der Waals surface area (Å²) in [7, 11) is 0. The molecule has 0 aliphatic carbocycles. The van der Waals surface area contributed by atoms with Gasteiger partial charge in [-0.15, -0.1) is 0 Å². The molecule has 1 N–H and O–H groups in total. The third-order valence-electron chi connectivity index (χ3n) is 4.64. The quantitative estimate of drug-likeness (QED) is 0.467. The van der Waals surface area contributed by atoms with Gasteiger partial charge in [0.1, 0.15) is 0 Å². The molecule has 3 rings (SSSR count). The Morgan fingerprint density at radius 3 is 1.40 bits per heavy atom. The Balaban J connectivity index is 2.24. The van der Waals surface area contributed by atoms with Crippen LogP contribution in [0.4, 0.5) is 0 Å². The number of benzene rings is 3. The van der Waals surface area contributed by atoms with Gasteiger partial charge < -0.3 is 0 Å². The fourth-order valence-corrected chi connectivity index (χ4v) is 16.3. The standard InChI is InChI=1S/3C6H5.C5H9O.Sn/c3*1-2-4-6-5-3-1;1-3-4-5(2)6;/h3*1-5H;3-6H,1H2,2H3;/b;;;4-3+;/t;;;5-;/m...0./s1. The van der Waals surface area contributed by atoms with Crippen LogP contribution in [0, 0.1) is 0 Å². The van der Waals surface area contributed by atoms with Gasteiger partial charge in [-0.3, -0.25) is 0 Å². The zero-order valence-corrected chi connectivity index (χ0v) is 17.4. The summed E-state index contributed by atoms with van der Waals surface area (Å²) >= 11 is -3.16. The molecule has 0 radical (unpaired) electrons. The van der Waals surface area contributed by atoms with Gasteiger partial charge in [-0.2, -0.15) is 0 Å². The second-order valence-electron chi connectivity index (χ2n) is 6.38. The van der Waals surface area contributed by atoms with Gasteiger partial charge in [-0.25, -0.2) is 0 Å². The Bertz CT molecular complexity index is 699. The van der Waals surface area contributed by atoms with E-state index in [2.05, 4.69) is 97.1 Å². The van der Waals surface area contributed by atoms with Crippen molar-refractivity contribution < 1.29 is 5.11 Å². The summed E-state index contributed by atoms with van der Waals surface area (Å²) in [5.41, 5.74) is 0. The minimum absolute atomic E-state index is 0.411. The molecule has 1 nitrogen and oxygen atoms in total. The summed E-state index contributed by atoms with van der Waals surface area (Å²) in [4.78, 5) is 0. The van der Waals surface area contributed by atoms with E-state index in [9.17, 15) is 5.11 Å². The van der Waals surface area contributed by atoms with Crippen LogP contribution in [0.15, 0.2) is 103 Å². The normalized spacial score (nSPS) is 13.0. The van der Waals surface area contributed by atoms with E-state index in [1.807, 2.05) is 6.08 Å². The van der Waals surface area contributed by atoms with Crippen LogP contribution >= 0.6 is 0 Å². The second kappa shape index (κ2) is 8.50. The Morgan fingerprint density at radius 2 is 1.08 bits per heavy atom. The van der Waals surface area contributed by atoms with Crippen molar-refractivity contribution in [2.45, 2.75) is 17.5 Å². The van der Waals surface area contributed by atoms with E-state index in [1.54, 1.807) is 6.92 Å². The van der Waals surface area contributed by atoms with Crippen LogP contribution in [0.25, 0.3) is 0 Å². The van der Waals surface area contributed by atoms with Crippen molar-refractivity contribution in [1.82, 2.24) is 0 Å². The molecule has 0 aromatic heterocycles. The van der Waals surface area contributed by atoms with Gasteiger partial charge in [0, 0.05) is 0 Å². The fraction of sp³-hybridized carbons (Fsp3) is 0.130. The van der Waals surface area contributed by atoms with Crippen LogP contribution < -0.4 is 10.7 Å². The van der Waals surface area contributed by atoms with Crippen LogP contribution in [0.2, 0.25) is 4.44 Å². The topological polar surface area (TPSA) is 20.2 Å². The van der Waals surface area contributed by atoms with Crippen LogP contribution in [-0.4, -0.2) is 29.6 Å². The number of hydrogen-bond acceptors (Lipinski definition) is 1. The zero-order valence-electron chi connectivity index (χ0n) is 14.5. The van der Waals surface area contributed by atoms with Crippen molar-refractivity contribution in [3.8, 4) is 0 Å². The van der Waals surface area contributed by atoms with Crippen molar-refractivity contribution in [2.24, 2.45) is 0 Å². The monoisotopic (exact) mass is 436 g/mol. The van der Waals surface area contributed by atoms with E-state index < -0.39 is 24.5 Å². The summed E-state index contributed by atoms with van der Waals surface area (Å²) in [5, 5.41) is 9.70. The van der Waals surface area contributed by atoms with E-state index in [0.717, 1.165) is 4.44 Å². The van der Waals surface area contributed by atoms with Crippen molar-refractivity contribution in [3.05, 3.63) is 103 Å². The fourth-order valence-electron chi connectivity index (χ4n) is 3.46. The molecule has 0 fully saturated rings. The molecular formula is C23H24OSn. The van der Waals surface area contributed by atoms with Gasteiger partial charge >= 0.3 is 155 Å². The molecule has 3 aromatic carbocycles. The molecule has 0 amide bonds. The van der Waals surface area contributed by atoms with Crippen LogP contribution in [0.3, 0.4) is 0 Å². The third-order valence-corrected chi connectivity index (χ3v) is 18.4. The van der Waals surface area contributed by atoms with Gasteiger partial charge in [-0.05, 0) is 0 Å². The SMILES string of the molecule is C[C@H](O)/C=C/[CH2][Sn]([c]1ccccc1)([c]1ccccc1)[c]1ccccc1. The summed E-state index contributed by atoms with van der Waals surface area (Å²) in [6.45, 7) is 1.81. The average molecular weight is 435 g/mol. The molecule has 25 heavy (non-hydrogen) atoms. The van der Waals surface area contributed by atoms with E-state index in [4.69, 9.17) is 0 Å². The Morgan fingerprint density at radius 1 is 0.720 bits per heavy atom. The Labute approximate surface area is 154 Å². The predicted molar refractivity (Wildman–Crippen MR) is 110 cm³/mol. The Hall–Kier alpha value is -1.84. The molecule has 0 bridgehead atoms. The molecule has 0 saturated carbocycles. The van der Waals surface area contributed by atoms with E-state index in [-0.39, 0.29) is 0 Å². The molecule has 0 unspecified atom stereocenters. The number of allylic oxidation sites excluding steroid dienone is 1. The predicted octanol–water partition coefficient (Wildman–Crippen LogP) is 3.09. The minimum atomic E-state index is -3.16. The second-order valence-corrected chi connectivity index (χ2v) is 17.7. The first-order valence-corrected chi connectivity index (χ1v) is 15.0. The summed E-state index contributed by atoms with van der Waals surface area (Å²) in [6, 6.07) is 32.8. The summed E-state index contributed by atoms with van der Waals surface area (Å²) in [6.07, 6.45) is 3.69. The van der Waals surface area contributed by atoms with Gasteiger partial charge in [0.05, 0.1) is 0 Å². The number of rotatable bonds is 6. The van der Waals surface area contributed by atoms with Gasteiger partial charge in [0.25, 0.3) is 0 Å². The first-order chi connectivity index (χ1) is 12.2. The molecule has 0 aliphatic rings. The van der Waals surface area contributed by atoms with Crippen LogP contribution in [0.5, 0.6) is 0 Å². The van der Waals surface area contributed by atoms with Crippen LogP contribution in [0.1, 0.15) is 6.92 Å². The average Bonchev–Trinajstić information content (AvgIpc) is 2.67. The van der Waals surface area contributed by atoms with Crippen molar-refractivity contribution in [2.75, 3.05) is 0 Å². The van der Waals surface area contributed by atoms with Crippen molar-refractivity contribution >= 4 is 29.1 Å². The molecule has 0 saturated heterocycles. The third kappa shape index (κ3) is 4.05. The molecule has 3 aromatic rings. The van der Waals surface area contributed by atoms with Gasteiger partial charge in [-0.1, -0.05) is 0 Å². The zero-order chi connectivity index (χ0) is 17.5. The maximum atomic E-state index is 9.70. The molecule has 2 heteroatoms. The van der Waals surface area contributed by atoms with Crippen LogP contribution in [-0.2, 0) is 0 Å². The van der Waals surface area contributed by atoms with Crippen molar-refractivity contribution in [1.29, 1.82) is 0 Å². The first kappa shape index (κ1) is 18.0. The van der Waals surface area contributed by atoms with E-state index >= 15 is 0 Å². The maximum absolute atomic E-state index is 9.70. The van der Waals surface area contributed by atoms with E-state index in [0.29, 0.717) is 0 Å². The Kier molecular flexibility index (Phi) is 6.11. The summed E-state index contributed by atoms with van der Waals surface area (Å²) < 4.78 is 5.38. The summed E-state index contributed by atoms with van der Waals surface area (Å²) in [5.74, 6) is 0. The molecule has 0 spiro atoms. The molecular weight excluding hydrogens is 411 g/mol.